The van der Waals surface area contributed by atoms with Crippen molar-refractivity contribution in [3.05, 3.63) is 65.2 Å². The van der Waals surface area contributed by atoms with Crippen LogP contribution in [0.15, 0.2) is 54.6 Å². The van der Waals surface area contributed by atoms with Gasteiger partial charge in [-0.2, -0.15) is 0 Å². The zero-order valence-corrected chi connectivity index (χ0v) is 19.5. The van der Waals surface area contributed by atoms with Crippen molar-refractivity contribution in [2.24, 2.45) is 0 Å². The molecule has 1 saturated carbocycles. The van der Waals surface area contributed by atoms with Crippen LogP contribution in [0.2, 0.25) is 5.02 Å². The Morgan fingerprint density at radius 3 is 2.56 bits per heavy atom. The summed E-state index contributed by atoms with van der Waals surface area (Å²) in [5.41, 5.74) is 0.906. The van der Waals surface area contributed by atoms with Crippen molar-refractivity contribution in [1.82, 2.24) is 10.2 Å². The Labute approximate surface area is 196 Å². The molecule has 0 saturated heterocycles. The number of carbonyl (C=O) groups is 2. The van der Waals surface area contributed by atoms with Gasteiger partial charge in [-0.3, -0.25) is 9.59 Å². The van der Waals surface area contributed by atoms with Crippen molar-refractivity contribution in [1.29, 1.82) is 0 Å². The molecule has 2 amide bonds. The molecule has 0 radical (unpaired) electrons. The van der Waals surface area contributed by atoms with Crippen LogP contribution in [0.25, 0.3) is 0 Å². The highest BCUT2D eigenvalue weighted by molar-refractivity contribution is 6.30. The molecular formula is C26H33ClN2O3. The lowest BCUT2D eigenvalue weighted by Crippen LogP contribution is -2.50. The zero-order chi connectivity index (χ0) is 22.8. The van der Waals surface area contributed by atoms with Crippen molar-refractivity contribution in [3.63, 3.8) is 0 Å². The Morgan fingerprint density at radius 2 is 1.84 bits per heavy atom. The van der Waals surface area contributed by atoms with Crippen LogP contribution >= 0.6 is 11.6 Å². The molecule has 0 aliphatic heterocycles. The lowest BCUT2D eigenvalue weighted by Gasteiger charge is -2.31. The molecule has 0 heterocycles. The number of benzene rings is 2. The van der Waals surface area contributed by atoms with Crippen molar-refractivity contribution in [2.75, 3.05) is 6.61 Å². The van der Waals surface area contributed by atoms with E-state index in [2.05, 4.69) is 5.32 Å². The van der Waals surface area contributed by atoms with Crippen molar-refractivity contribution in [3.8, 4) is 5.75 Å². The second-order valence-electron chi connectivity index (χ2n) is 8.44. The Balaban J connectivity index is 1.60. The fourth-order valence-corrected chi connectivity index (χ4v) is 4.27. The number of hydrogen-bond acceptors (Lipinski definition) is 3. The smallest absolute Gasteiger partial charge is 0.242 e. The maximum Gasteiger partial charge on any atom is 0.242 e. The van der Waals surface area contributed by atoms with Crippen LogP contribution in [0.4, 0.5) is 0 Å². The fraction of sp³-hybridized carbons (Fsp3) is 0.462. The van der Waals surface area contributed by atoms with Gasteiger partial charge in [-0.1, -0.05) is 61.2 Å². The van der Waals surface area contributed by atoms with Gasteiger partial charge >= 0.3 is 0 Å². The quantitative estimate of drug-likeness (QED) is 0.489. The third-order valence-electron chi connectivity index (χ3n) is 5.91. The van der Waals surface area contributed by atoms with E-state index in [1.807, 2.05) is 48.5 Å². The van der Waals surface area contributed by atoms with Gasteiger partial charge in [0, 0.05) is 24.0 Å². The summed E-state index contributed by atoms with van der Waals surface area (Å²) in [6.45, 7) is 2.60. The summed E-state index contributed by atoms with van der Waals surface area (Å²) >= 11 is 6.14. The van der Waals surface area contributed by atoms with E-state index in [0.29, 0.717) is 31.0 Å². The molecule has 1 atom stereocenters. The standard InChI is InChI=1S/C26H33ClN2O3/c1-20(26(31)28-23-12-4-2-5-13-23)29(19-21-10-8-11-22(27)18-21)25(30)16-9-17-32-24-14-6-3-7-15-24/h3,6-8,10-11,14-15,18,20,23H,2,4-5,9,12-13,16-17,19H2,1H3,(H,28,31). The Morgan fingerprint density at radius 1 is 1.09 bits per heavy atom. The summed E-state index contributed by atoms with van der Waals surface area (Å²) in [4.78, 5) is 27.8. The zero-order valence-electron chi connectivity index (χ0n) is 18.8. The van der Waals surface area contributed by atoms with Gasteiger partial charge in [0.1, 0.15) is 11.8 Å². The summed E-state index contributed by atoms with van der Waals surface area (Å²) in [6, 6.07) is 16.6. The first kappa shape index (κ1) is 24.1. The van der Waals surface area contributed by atoms with Crippen LogP contribution in [0.1, 0.15) is 57.4 Å². The van der Waals surface area contributed by atoms with Crippen molar-refractivity contribution < 1.29 is 14.3 Å². The number of carbonyl (C=O) groups excluding carboxylic acids is 2. The number of ether oxygens (including phenoxy) is 1. The monoisotopic (exact) mass is 456 g/mol. The minimum absolute atomic E-state index is 0.0621. The number of hydrogen-bond donors (Lipinski definition) is 1. The van der Waals surface area contributed by atoms with E-state index in [-0.39, 0.29) is 17.9 Å². The largest absolute Gasteiger partial charge is 0.494 e. The number of halogens is 1. The van der Waals surface area contributed by atoms with Crippen molar-refractivity contribution in [2.45, 2.75) is 70.5 Å². The average Bonchev–Trinajstić information content (AvgIpc) is 2.81. The maximum absolute atomic E-state index is 13.1. The van der Waals surface area contributed by atoms with Gasteiger partial charge in [0.25, 0.3) is 0 Å². The lowest BCUT2D eigenvalue weighted by atomic mass is 9.95. The second kappa shape index (κ2) is 12.5. The summed E-state index contributed by atoms with van der Waals surface area (Å²) in [6.07, 6.45) is 6.43. The molecule has 1 unspecified atom stereocenters. The van der Waals surface area contributed by atoms with E-state index in [9.17, 15) is 9.59 Å². The molecule has 1 aliphatic carbocycles. The Kier molecular flexibility index (Phi) is 9.42. The molecule has 1 aliphatic rings. The van der Waals surface area contributed by atoms with E-state index >= 15 is 0 Å². The van der Waals surface area contributed by atoms with Gasteiger partial charge in [0.05, 0.1) is 6.61 Å². The molecule has 3 rings (SSSR count). The second-order valence-corrected chi connectivity index (χ2v) is 8.87. The van der Waals surface area contributed by atoms with Gasteiger partial charge in [0.2, 0.25) is 11.8 Å². The van der Waals surface area contributed by atoms with Gasteiger partial charge in [0.15, 0.2) is 0 Å². The van der Waals surface area contributed by atoms with Gasteiger partial charge < -0.3 is 15.0 Å². The number of nitrogens with one attached hydrogen (secondary N) is 1. The van der Waals surface area contributed by atoms with Gasteiger partial charge in [-0.25, -0.2) is 0 Å². The molecule has 32 heavy (non-hydrogen) atoms. The Hall–Kier alpha value is -2.53. The van der Waals surface area contributed by atoms with Crippen LogP contribution < -0.4 is 10.1 Å². The first-order chi connectivity index (χ1) is 15.5. The van der Waals surface area contributed by atoms with E-state index in [0.717, 1.165) is 37.0 Å². The molecule has 1 N–H and O–H groups in total. The number of nitrogens with zero attached hydrogens (tertiary/aromatic N) is 1. The first-order valence-corrected chi connectivity index (χ1v) is 11.9. The van der Waals surface area contributed by atoms with Crippen LogP contribution in [0.5, 0.6) is 5.75 Å². The third-order valence-corrected chi connectivity index (χ3v) is 6.14. The number of rotatable bonds is 10. The minimum atomic E-state index is -0.557. The highest BCUT2D eigenvalue weighted by Gasteiger charge is 2.27. The SMILES string of the molecule is CC(C(=O)NC1CCCCC1)N(Cc1cccc(Cl)c1)C(=O)CCCOc1ccccc1. The molecule has 0 aromatic heterocycles. The van der Waals surface area contributed by atoms with Crippen LogP contribution in [-0.4, -0.2) is 35.4 Å². The van der Waals surface area contributed by atoms with E-state index in [1.54, 1.807) is 17.9 Å². The lowest BCUT2D eigenvalue weighted by molar-refractivity contribution is -0.141. The van der Waals surface area contributed by atoms with Crippen LogP contribution in [-0.2, 0) is 16.1 Å². The number of para-hydroxylation sites is 1. The van der Waals surface area contributed by atoms with E-state index in [4.69, 9.17) is 16.3 Å². The molecule has 172 valence electrons. The molecule has 2 aromatic carbocycles. The molecule has 6 heteroatoms. The average molecular weight is 457 g/mol. The summed E-state index contributed by atoms with van der Waals surface area (Å²) in [7, 11) is 0. The fourth-order valence-electron chi connectivity index (χ4n) is 4.06. The summed E-state index contributed by atoms with van der Waals surface area (Å²) in [5, 5.41) is 3.77. The first-order valence-electron chi connectivity index (χ1n) is 11.5. The summed E-state index contributed by atoms with van der Waals surface area (Å²) < 4.78 is 5.71. The number of amides is 2. The topological polar surface area (TPSA) is 58.6 Å². The normalized spacial score (nSPS) is 15.1. The van der Waals surface area contributed by atoms with Gasteiger partial charge in [-0.15, -0.1) is 0 Å². The molecule has 0 spiro atoms. The molecule has 1 fully saturated rings. The predicted octanol–water partition coefficient (Wildman–Crippen LogP) is 5.37. The molecule has 5 nitrogen and oxygen atoms in total. The van der Waals surface area contributed by atoms with Crippen LogP contribution in [0.3, 0.4) is 0 Å². The minimum Gasteiger partial charge on any atom is -0.494 e. The Bertz CT molecular complexity index is 868. The van der Waals surface area contributed by atoms with E-state index in [1.165, 1.54) is 6.42 Å². The predicted molar refractivity (Wildman–Crippen MR) is 128 cm³/mol. The highest BCUT2D eigenvalue weighted by atomic mass is 35.5. The summed E-state index contributed by atoms with van der Waals surface area (Å²) in [5.74, 6) is 0.636. The highest BCUT2D eigenvalue weighted by Crippen LogP contribution is 2.19. The third kappa shape index (κ3) is 7.56. The molecule has 0 bridgehead atoms. The molecular weight excluding hydrogens is 424 g/mol. The van der Waals surface area contributed by atoms with Crippen LogP contribution in [0, 0.1) is 0 Å². The maximum atomic E-state index is 13.1. The molecule has 2 aromatic rings. The van der Waals surface area contributed by atoms with E-state index < -0.39 is 6.04 Å². The van der Waals surface area contributed by atoms with Crippen molar-refractivity contribution >= 4 is 23.4 Å². The van der Waals surface area contributed by atoms with Gasteiger partial charge in [-0.05, 0) is 56.0 Å².